The lowest BCUT2D eigenvalue weighted by Gasteiger charge is -2.21. The van der Waals surface area contributed by atoms with Crippen LogP contribution >= 0.6 is 29.4 Å². The molecule has 0 unspecified atom stereocenters. The molecule has 0 amide bonds. The molecule has 40 heavy (non-hydrogen) atoms. The number of rotatable bonds is 8. The zero-order chi connectivity index (χ0) is 28.4. The van der Waals surface area contributed by atoms with Gasteiger partial charge in [-0.25, -0.2) is 19.2 Å². The summed E-state index contributed by atoms with van der Waals surface area (Å²) in [6.07, 6.45) is 1.93. The van der Waals surface area contributed by atoms with Crippen LogP contribution in [0.2, 0.25) is 0 Å². The molecule has 10 nitrogen and oxygen atoms in total. The third-order valence-electron chi connectivity index (χ3n) is 5.88. The van der Waals surface area contributed by atoms with Crippen molar-refractivity contribution in [1.29, 1.82) is 0 Å². The van der Waals surface area contributed by atoms with Crippen LogP contribution in [0, 0.1) is 0 Å². The van der Waals surface area contributed by atoms with Gasteiger partial charge in [0.25, 0.3) is 0 Å². The molecular weight excluding hydrogens is 604 g/mol. The van der Waals surface area contributed by atoms with E-state index in [1.165, 1.54) is 73.5 Å². The van der Waals surface area contributed by atoms with Gasteiger partial charge in [-0.15, -0.1) is 0 Å². The summed E-state index contributed by atoms with van der Waals surface area (Å²) in [5.74, 6) is -5.63. The summed E-state index contributed by atoms with van der Waals surface area (Å²) in [5.41, 5.74) is 1.38. The molecular formula is C28H29BrN2O8S. The Morgan fingerprint density at radius 1 is 0.875 bits per heavy atom. The Labute approximate surface area is 246 Å². The molecule has 3 aromatic rings. The van der Waals surface area contributed by atoms with E-state index in [1.54, 1.807) is 12.1 Å². The summed E-state index contributed by atoms with van der Waals surface area (Å²) in [6, 6.07) is 17.6. The number of carbonyl (C=O) groups excluding carboxylic acids is 2. The van der Waals surface area contributed by atoms with Crippen molar-refractivity contribution >= 4 is 53.3 Å². The van der Waals surface area contributed by atoms with E-state index >= 15 is 0 Å². The zero-order valence-electron chi connectivity index (χ0n) is 21.5. The molecule has 1 saturated heterocycles. The van der Waals surface area contributed by atoms with Gasteiger partial charge in [0.2, 0.25) is 12.2 Å². The normalized spacial score (nSPS) is 15.8. The van der Waals surface area contributed by atoms with Crippen LogP contribution in [0.1, 0.15) is 45.2 Å². The lowest BCUT2D eigenvalue weighted by atomic mass is 10.1. The number of nitrogens with zero attached hydrogens (tertiary/aromatic N) is 2. The first-order valence-corrected chi connectivity index (χ1v) is 12.7. The third-order valence-corrected chi connectivity index (χ3v) is 6.31. The van der Waals surface area contributed by atoms with E-state index in [4.69, 9.17) is 9.47 Å². The van der Waals surface area contributed by atoms with Crippen LogP contribution in [0.25, 0.3) is 0 Å². The molecule has 1 fully saturated rings. The number of pyridine rings is 1. The van der Waals surface area contributed by atoms with Crippen molar-refractivity contribution in [3.05, 3.63) is 100 Å². The molecule has 1 aliphatic rings. The number of aliphatic carboxylic acids is 2. The van der Waals surface area contributed by atoms with Gasteiger partial charge in [0.05, 0.1) is 11.1 Å². The highest BCUT2D eigenvalue weighted by Gasteiger charge is 2.41. The first-order valence-electron chi connectivity index (χ1n) is 12.0. The molecule has 0 saturated carbocycles. The molecule has 0 spiro atoms. The van der Waals surface area contributed by atoms with E-state index < -0.39 is 36.1 Å². The molecule has 2 heterocycles. The van der Waals surface area contributed by atoms with Crippen molar-refractivity contribution in [3.63, 3.8) is 0 Å². The van der Waals surface area contributed by atoms with Crippen molar-refractivity contribution in [1.82, 2.24) is 9.88 Å². The molecule has 4 rings (SSSR count). The maximum absolute atomic E-state index is 12.0. The first-order chi connectivity index (χ1) is 18.7. The van der Waals surface area contributed by atoms with Gasteiger partial charge in [0.1, 0.15) is 0 Å². The fourth-order valence-electron chi connectivity index (χ4n) is 3.94. The predicted molar refractivity (Wildman–Crippen MR) is 153 cm³/mol. The van der Waals surface area contributed by atoms with Crippen molar-refractivity contribution in [2.75, 3.05) is 13.6 Å². The van der Waals surface area contributed by atoms with Crippen LogP contribution in [-0.2, 0) is 19.1 Å². The molecule has 0 radical (unpaired) electrons. The Kier molecular flexibility index (Phi) is 12.8. The van der Waals surface area contributed by atoms with E-state index in [1.807, 2.05) is 12.4 Å². The number of carboxylic acids is 2. The maximum Gasteiger partial charge on any atom is 0.349 e. The fourth-order valence-corrected chi connectivity index (χ4v) is 4.32. The summed E-state index contributed by atoms with van der Waals surface area (Å²) < 4.78 is 10.6. The van der Waals surface area contributed by atoms with Gasteiger partial charge < -0.3 is 19.7 Å². The highest BCUT2D eigenvalue weighted by Crippen LogP contribution is 2.30. The summed E-state index contributed by atoms with van der Waals surface area (Å²) >= 11 is 3.45. The van der Waals surface area contributed by atoms with Gasteiger partial charge in [-0.3, -0.25) is 9.88 Å². The molecule has 1 aliphatic heterocycles. The smallest absolute Gasteiger partial charge is 0.349 e. The fraction of sp³-hybridized carbons (Fsp3) is 0.250. The number of ether oxygens (including phenoxy) is 2. The predicted octanol–water partition coefficient (Wildman–Crippen LogP) is 4.33. The van der Waals surface area contributed by atoms with E-state index in [0.29, 0.717) is 6.04 Å². The highest BCUT2D eigenvalue weighted by atomic mass is 79.9. The molecule has 12 heteroatoms. The van der Waals surface area contributed by atoms with Crippen LogP contribution in [0.15, 0.2) is 83.6 Å². The average molecular weight is 634 g/mol. The molecule has 2 N–H and O–H groups in total. The minimum Gasteiger partial charge on any atom is -0.478 e. The largest absolute Gasteiger partial charge is 0.478 e. The second-order valence-electron chi connectivity index (χ2n) is 8.64. The Bertz CT molecular complexity index is 1230. The number of hydrogen-bond donors (Lipinski definition) is 2. The first kappa shape index (κ1) is 32.5. The lowest BCUT2D eigenvalue weighted by molar-refractivity contribution is -0.166. The van der Waals surface area contributed by atoms with E-state index in [2.05, 4.69) is 38.9 Å². The standard InChI is InChI=1S/C18H14O8.C10H13BrN2.H2S/c19-15(20)13(25-17(23)11-7-3-1-4-8-11)14(16(21)22)26-18(24)12-9-5-2-6-10-12;1-13-4-2-3-10(13)8-5-9(11)7-12-6-8;/h1-10,13-14H,(H,19,20)(H,21,22);5-7,10H,2-4H2,1H3;1H2/t13-,14-;10-;/m10./s1. The van der Waals surface area contributed by atoms with Crippen LogP contribution in [0.5, 0.6) is 0 Å². The Hall–Kier alpha value is -3.74. The number of likely N-dealkylation sites (tertiary alicyclic amines) is 1. The van der Waals surface area contributed by atoms with Crippen molar-refractivity contribution in [2.24, 2.45) is 0 Å². The number of benzene rings is 2. The Morgan fingerprint density at radius 2 is 1.35 bits per heavy atom. The Balaban J connectivity index is 0.000000334. The number of carboxylic acid groups (broad SMARTS) is 2. The number of carbonyl (C=O) groups is 4. The molecule has 2 aromatic carbocycles. The monoisotopic (exact) mass is 632 g/mol. The van der Waals surface area contributed by atoms with E-state index in [9.17, 15) is 29.4 Å². The Morgan fingerprint density at radius 3 is 1.73 bits per heavy atom. The van der Waals surface area contributed by atoms with E-state index in [-0.39, 0.29) is 24.6 Å². The van der Waals surface area contributed by atoms with Crippen molar-refractivity contribution < 1.29 is 38.9 Å². The highest BCUT2D eigenvalue weighted by molar-refractivity contribution is 9.10. The van der Waals surface area contributed by atoms with Gasteiger partial charge >= 0.3 is 23.9 Å². The molecule has 1 aromatic heterocycles. The van der Waals surface area contributed by atoms with Gasteiger partial charge in [-0.1, -0.05) is 36.4 Å². The quantitative estimate of drug-likeness (QED) is 0.344. The number of hydrogen-bond acceptors (Lipinski definition) is 8. The van der Waals surface area contributed by atoms with Crippen LogP contribution in [-0.4, -0.2) is 69.8 Å². The van der Waals surface area contributed by atoms with Gasteiger partial charge in [0, 0.05) is 22.9 Å². The van der Waals surface area contributed by atoms with Crippen molar-refractivity contribution in [2.45, 2.75) is 31.1 Å². The number of aromatic nitrogens is 1. The summed E-state index contributed by atoms with van der Waals surface area (Å²) in [5, 5.41) is 18.5. The van der Waals surface area contributed by atoms with Crippen molar-refractivity contribution in [3.8, 4) is 0 Å². The van der Waals surface area contributed by atoms with E-state index in [0.717, 1.165) is 4.47 Å². The van der Waals surface area contributed by atoms with Crippen LogP contribution in [0.3, 0.4) is 0 Å². The topological polar surface area (TPSA) is 143 Å². The van der Waals surface area contributed by atoms with Gasteiger partial charge in [-0.2, -0.15) is 13.5 Å². The molecule has 0 bridgehead atoms. The summed E-state index contributed by atoms with van der Waals surface area (Å²) in [7, 11) is 2.18. The molecule has 3 atom stereocenters. The van der Waals surface area contributed by atoms with Gasteiger partial charge in [0.15, 0.2) is 0 Å². The SMILES string of the molecule is CN1CCC[C@H]1c1cncc(Br)c1.O=C(O[C@@H](C(=O)O)[C@@H](OC(=O)c1ccccc1)C(=O)O)c1ccccc1.S. The van der Waals surface area contributed by atoms with Crippen LogP contribution < -0.4 is 0 Å². The lowest BCUT2D eigenvalue weighted by Crippen LogP contribution is -2.45. The second-order valence-corrected chi connectivity index (χ2v) is 9.55. The number of esters is 2. The summed E-state index contributed by atoms with van der Waals surface area (Å²) in [6.45, 7) is 1.21. The minimum absolute atomic E-state index is 0. The van der Waals surface area contributed by atoms with Gasteiger partial charge in [-0.05, 0) is 78.3 Å². The number of halogens is 1. The van der Waals surface area contributed by atoms with Crippen LogP contribution in [0.4, 0.5) is 0 Å². The molecule has 0 aliphatic carbocycles. The maximum atomic E-state index is 12.0. The minimum atomic E-state index is -2.21. The average Bonchev–Trinajstić information content (AvgIpc) is 3.37. The molecule has 212 valence electrons. The summed E-state index contributed by atoms with van der Waals surface area (Å²) in [4.78, 5) is 53.4. The zero-order valence-corrected chi connectivity index (χ0v) is 24.1. The second kappa shape index (κ2) is 15.8. The third kappa shape index (κ3) is 9.18.